The molecule has 1 N–H and O–H groups in total. The molecule has 0 bridgehead atoms. The van der Waals surface area contributed by atoms with E-state index in [1.165, 1.54) is 0 Å². The van der Waals surface area contributed by atoms with Crippen LogP contribution in [0.3, 0.4) is 0 Å². The summed E-state index contributed by atoms with van der Waals surface area (Å²) >= 11 is 1.55. The van der Waals surface area contributed by atoms with E-state index in [2.05, 4.69) is 5.32 Å². The van der Waals surface area contributed by atoms with Gasteiger partial charge in [-0.25, -0.2) is 4.98 Å². The zero-order valence-corrected chi connectivity index (χ0v) is 16.0. The third-order valence-corrected chi connectivity index (χ3v) is 5.88. The normalized spacial score (nSPS) is 14.6. The van der Waals surface area contributed by atoms with Crippen LogP contribution >= 0.6 is 11.3 Å². The number of thiazole rings is 1. The molecule has 0 saturated carbocycles. The maximum absolute atomic E-state index is 12.6. The SMILES string of the molecule is CC[C@](C)(NC(=O)c1ccccc1)c1nc(-c2ccc3c(c2)OCO3)cs1. The molecule has 0 saturated heterocycles. The summed E-state index contributed by atoms with van der Waals surface area (Å²) in [7, 11) is 0. The maximum atomic E-state index is 12.6. The number of nitrogens with one attached hydrogen (secondary N) is 1. The van der Waals surface area contributed by atoms with Gasteiger partial charge in [0.25, 0.3) is 5.91 Å². The molecule has 0 unspecified atom stereocenters. The number of hydrogen-bond donors (Lipinski definition) is 1. The Hall–Kier alpha value is -2.86. The fourth-order valence-electron chi connectivity index (χ4n) is 2.92. The highest BCUT2D eigenvalue weighted by molar-refractivity contribution is 7.10. The molecule has 1 atom stereocenters. The molecule has 0 aliphatic carbocycles. The summed E-state index contributed by atoms with van der Waals surface area (Å²) in [5, 5.41) is 6.03. The highest BCUT2D eigenvalue weighted by Crippen LogP contribution is 2.37. The van der Waals surface area contributed by atoms with Gasteiger partial charge in [0.15, 0.2) is 11.5 Å². The Morgan fingerprint density at radius 3 is 2.74 bits per heavy atom. The molecule has 0 radical (unpaired) electrons. The average Bonchev–Trinajstić information content (AvgIpc) is 3.37. The lowest BCUT2D eigenvalue weighted by Crippen LogP contribution is -2.43. The van der Waals surface area contributed by atoms with Gasteiger partial charge in [0.1, 0.15) is 5.01 Å². The summed E-state index contributed by atoms with van der Waals surface area (Å²) in [6.07, 6.45) is 0.736. The number of nitrogens with zero attached hydrogens (tertiary/aromatic N) is 1. The molecule has 2 heterocycles. The Labute approximate surface area is 162 Å². The summed E-state index contributed by atoms with van der Waals surface area (Å²) < 4.78 is 10.8. The van der Waals surface area contributed by atoms with E-state index in [0.717, 1.165) is 34.2 Å². The Kier molecular flexibility index (Phi) is 4.58. The minimum atomic E-state index is -0.536. The van der Waals surface area contributed by atoms with Crippen LogP contribution in [-0.2, 0) is 5.54 Å². The number of carbonyl (C=O) groups is 1. The van der Waals surface area contributed by atoms with Crippen LogP contribution in [0.15, 0.2) is 53.9 Å². The first-order chi connectivity index (χ1) is 13.1. The lowest BCUT2D eigenvalue weighted by atomic mass is 9.99. The van der Waals surface area contributed by atoms with Crippen molar-refractivity contribution in [2.45, 2.75) is 25.8 Å². The van der Waals surface area contributed by atoms with E-state index >= 15 is 0 Å². The van der Waals surface area contributed by atoms with Gasteiger partial charge in [-0.05, 0) is 43.7 Å². The predicted octanol–water partition coefficient (Wildman–Crippen LogP) is 4.59. The van der Waals surface area contributed by atoms with Gasteiger partial charge in [0, 0.05) is 16.5 Å². The van der Waals surface area contributed by atoms with Gasteiger partial charge in [-0.3, -0.25) is 4.79 Å². The van der Waals surface area contributed by atoms with Gasteiger partial charge in [0.05, 0.1) is 11.2 Å². The Bertz CT molecular complexity index is 971. The van der Waals surface area contributed by atoms with E-state index < -0.39 is 5.54 Å². The molecule has 1 aliphatic heterocycles. The molecule has 6 heteroatoms. The van der Waals surface area contributed by atoms with Gasteiger partial charge in [-0.2, -0.15) is 0 Å². The first-order valence-electron chi connectivity index (χ1n) is 8.82. The smallest absolute Gasteiger partial charge is 0.252 e. The van der Waals surface area contributed by atoms with E-state index in [4.69, 9.17) is 14.5 Å². The molecular formula is C21H20N2O3S. The first kappa shape index (κ1) is 17.5. The van der Waals surface area contributed by atoms with Gasteiger partial charge in [-0.15, -0.1) is 11.3 Å². The summed E-state index contributed by atoms with van der Waals surface area (Å²) in [5.41, 5.74) is 1.94. The molecule has 5 nitrogen and oxygen atoms in total. The van der Waals surface area contributed by atoms with Crippen molar-refractivity contribution >= 4 is 17.2 Å². The second kappa shape index (κ2) is 7.04. The Morgan fingerprint density at radius 1 is 1.19 bits per heavy atom. The number of hydrogen-bond acceptors (Lipinski definition) is 5. The molecule has 0 fully saturated rings. The number of benzene rings is 2. The van der Waals surface area contributed by atoms with Gasteiger partial charge < -0.3 is 14.8 Å². The zero-order valence-electron chi connectivity index (χ0n) is 15.2. The van der Waals surface area contributed by atoms with Crippen LogP contribution in [0, 0.1) is 0 Å². The number of rotatable bonds is 5. The second-order valence-corrected chi connectivity index (χ2v) is 7.47. The van der Waals surface area contributed by atoms with Crippen molar-refractivity contribution in [1.82, 2.24) is 10.3 Å². The topological polar surface area (TPSA) is 60.5 Å². The molecule has 1 aliphatic rings. The summed E-state index contributed by atoms with van der Waals surface area (Å²) in [5.74, 6) is 1.39. The highest BCUT2D eigenvalue weighted by atomic mass is 32.1. The van der Waals surface area contributed by atoms with Crippen LogP contribution < -0.4 is 14.8 Å². The van der Waals surface area contributed by atoms with Crippen molar-refractivity contribution in [3.63, 3.8) is 0 Å². The molecule has 138 valence electrons. The fourth-order valence-corrected chi connectivity index (χ4v) is 3.94. The third kappa shape index (κ3) is 3.40. The third-order valence-electron chi connectivity index (χ3n) is 4.78. The maximum Gasteiger partial charge on any atom is 0.252 e. The molecule has 4 rings (SSSR count). The van der Waals surface area contributed by atoms with Crippen LogP contribution in [0.1, 0.15) is 35.6 Å². The number of aromatic nitrogens is 1. The summed E-state index contributed by atoms with van der Waals surface area (Å²) in [4.78, 5) is 17.4. The lowest BCUT2D eigenvalue weighted by Gasteiger charge is -2.27. The van der Waals surface area contributed by atoms with Crippen LogP contribution in [0.5, 0.6) is 11.5 Å². The van der Waals surface area contributed by atoms with Gasteiger partial charge in [-0.1, -0.05) is 25.1 Å². The van der Waals surface area contributed by atoms with Gasteiger partial charge >= 0.3 is 0 Å². The predicted molar refractivity (Wildman–Crippen MR) is 105 cm³/mol. The van der Waals surface area contributed by atoms with Crippen LogP contribution in [-0.4, -0.2) is 17.7 Å². The van der Waals surface area contributed by atoms with Crippen molar-refractivity contribution < 1.29 is 14.3 Å². The summed E-state index contributed by atoms with van der Waals surface area (Å²) in [6, 6.07) is 15.0. The second-order valence-electron chi connectivity index (χ2n) is 6.61. The monoisotopic (exact) mass is 380 g/mol. The average molecular weight is 380 g/mol. The largest absolute Gasteiger partial charge is 0.454 e. The van der Waals surface area contributed by atoms with E-state index in [0.29, 0.717) is 5.56 Å². The highest BCUT2D eigenvalue weighted by Gasteiger charge is 2.30. The number of amides is 1. The quantitative estimate of drug-likeness (QED) is 0.703. The minimum Gasteiger partial charge on any atom is -0.454 e. The van der Waals surface area contributed by atoms with E-state index in [9.17, 15) is 4.79 Å². The number of ether oxygens (including phenoxy) is 2. The van der Waals surface area contributed by atoms with E-state index in [1.807, 2.05) is 67.8 Å². The van der Waals surface area contributed by atoms with Crippen LogP contribution in [0.2, 0.25) is 0 Å². The molecule has 2 aromatic carbocycles. The number of carbonyl (C=O) groups excluding carboxylic acids is 1. The lowest BCUT2D eigenvalue weighted by molar-refractivity contribution is 0.0902. The number of fused-ring (bicyclic) bond motifs is 1. The van der Waals surface area contributed by atoms with Crippen molar-refractivity contribution in [3.05, 3.63) is 64.5 Å². The van der Waals surface area contributed by atoms with E-state index in [1.54, 1.807) is 11.3 Å². The molecule has 1 amide bonds. The van der Waals surface area contributed by atoms with Crippen LogP contribution in [0.25, 0.3) is 11.3 Å². The van der Waals surface area contributed by atoms with Crippen molar-refractivity contribution in [3.8, 4) is 22.8 Å². The van der Waals surface area contributed by atoms with Crippen LogP contribution in [0.4, 0.5) is 0 Å². The molecular weight excluding hydrogens is 360 g/mol. The standard InChI is InChI=1S/C21H20N2O3S/c1-3-21(2,23-19(24)14-7-5-4-6-8-14)20-22-16(12-27-20)15-9-10-17-18(11-15)26-13-25-17/h4-12H,3,13H2,1-2H3,(H,23,24)/t21-/m0/s1. The first-order valence-corrected chi connectivity index (χ1v) is 9.70. The molecule has 1 aromatic heterocycles. The van der Waals surface area contributed by atoms with Crippen molar-refractivity contribution in [2.24, 2.45) is 0 Å². The van der Waals surface area contributed by atoms with Crippen molar-refractivity contribution in [1.29, 1.82) is 0 Å². The van der Waals surface area contributed by atoms with Gasteiger partial charge in [0.2, 0.25) is 6.79 Å². The molecule has 3 aromatic rings. The minimum absolute atomic E-state index is 0.0974. The summed E-state index contributed by atoms with van der Waals surface area (Å²) in [6.45, 7) is 4.31. The van der Waals surface area contributed by atoms with E-state index in [-0.39, 0.29) is 12.7 Å². The fraction of sp³-hybridized carbons (Fsp3) is 0.238. The van der Waals surface area contributed by atoms with Crippen molar-refractivity contribution in [2.75, 3.05) is 6.79 Å². The Morgan fingerprint density at radius 2 is 1.96 bits per heavy atom. The molecule has 0 spiro atoms. The molecule has 27 heavy (non-hydrogen) atoms. The zero-order chi connectivity index (χ0) is 18.9. The Balaban J connectivity index is 1.59.